The summed E-state index contributed by atoms with van der Waals surface area (Å²) in [5.41, 5.74) is 9.09. The molecule has 21 heavy (non-hydrogen) atoms. The minimum atomic E-state index is 0.151. The average Bonchev–Trinajstić information content (AvgIpc) is 2.71. The largest absolute Gasteiger partial charge is 0.487 e. The lowest BCUT2D eigenvalue weighted by Gasteiger charge is -2.11. The molecule has 0 amide bonds. The summed E-state index contributed by atoms with van der Waals surface area (Å²) in [6.07, 6.45) is 0.854. The van der Waals surface area contributed by atoms with Crippen molar-refractivity contribution in [3.05, 3.63) is 45.7 Å². The van der Waals surface area contributed by atoms with Gasteiger partial charge in [-0.2, -0.15) is 5.10 Å². The molecule has 0 aliphatic carbocycles. The molecular weight excluding hydrogens is 330 g/mol. The summed E-state index contributed by atoms with van der Waals surface area (Å²) in [6, 6.07) is 8.25. The molecule has 0 radical (unpaired) electrons. The zero-order chi connectivity index (χ0) is 15.4. The van der Waals surface area contributed by atoms with Crippen LogP contribution in [0.1, 0.15) is 30.8 Å². The number of halogens is 1. The lowest BCUT2D eigenvalue weighted by atomic mass is 10.1. The standard InChI is InChI=1S/C16H22BrN3O/c1-4-20-15(16(17)12(3)19-20)10-21-14-7-5-6-13(9-14)8-11(2)18/h5-7,9,11H,4,8,10,18H2,1-3H3. The molecule has 1 heterocycles. The molecule has 1 aromatic carbocycles. The van der Waals surface area contributed by atoms with Gasteiger partial charge >= 0.3 is 0 Å². The highest BCUT2D eigenvalue weighted by atomic mass is 79.9. The molecule has 0 saturated carbocycles. The highest BCUT2D eigenvalue weighted by molar-refractivity contribution is 9.10. The number of aryl methyl sites for hydroxylation is 2. The van der Waals surface area contributed by atoms with E-state index >= 15 is 0 Å². The Morgan fingerprint density at radius 3 is 2.86 bits per heavy atom. The number of hydrogen-bond acceptors (Lipinski definition) is 3. The number of nitrogens with two attached hydrogens (primary N) is 1. The first kappa shape index (κ1) is 16.0. The zero-order valence-corrected chi connectivity index (χ0v) is 14.4. The van der Waals surface area contributed by atoms with Crippen LogP contribution in [0.4, 0.5) is 0 Å². The Bertz CT molecular complexity index is 608. The summed E-state index contributed by atoms with van der Waals surface area (Å²) in [5.74, 6) is 0.863. The molecule has 0 fully saturated rings. The number of nitrogens with zero attached hydrogens (tertiary/aromatic N) is 2. The SMILES string of the molecule is CCn1nc(C)c(Br)c1COc1cccc(CC(C)N)c1. The number of ether oxygens (including phenoxy) is 1. The molecule has 0 aliphatic rings. The molecule has 2 aromatic rings. The van der Waals surface area contributed by atoms with Gasteiger partial charge in [-0.25, -0.2) is 0 Å². The Hall–Kier alpha value is -1.33. The van der Waals surface area contributed by atoms with E-state index in [0.29, 0.717) is 6.61 Å². The van der Waals surface area contributed by atoms with E-state index in [2.05, 4.69) is 40.1 Å². The maximum atomic E-state index is 5.92. The van der Waals surface area contributed by atoms with E-state index in [0.717, 1.165) is 34.6 Å². The van der Waals surface area contributed by atoms with Crippen molar-refractivity contribution in [2.45, 2.75) is 46.4 Å². The average molecular weight is 352 g/mol. The second-order valence-electron chi connectivity index (χ2n) is 5.28. The Labute approximate surface area is 134 Å². The Morgan fingerprint density at radius 1 is 1.43 bits per heavy atom. The molecule has 0 aliphatic heterocycles. The van der Waals surface area contributed by atoms with E-state index in [4.69, 9.17) is 10.5 Å². The maximum absolute atomic E-state index is 5.92. The third-order valence-electron chi connectivity index (χ3n) is 3.28. The van der Waals surface area contributed by atoms with Crippen molar-refractivity contribution < 1.29 is 4.74 Å². The van der Waals surface area contributed by atoms with E-state index in [1.165, 1.54) is 5.56 Å². The summed E-state index contributed by atoms with van der Waals surface area (Å²) in [6.45, 7) is 7.40. The Kier molecular flexibility index (Phi) is 5.42. The molecule has 2 rings (SSSR count). The van der Waals surface area contributed by atoms with Gasteiger partial charge in [0, 0.05) is 12.6 Å². The van der Waals surface area contributed by atoms with Gasteiger partial charge in [-0.1, -0.05) is 12.1 Å². The molecule has 0 saturated heterocycles. The summed E-state index contributed by atoms with van der Waals surface area (Å²) in [5, 5.41) is 4.47. The van der Waals surface area contributed by atoms with Crippen LogP contribution in [0, 0.1) is 6.92 Å². The van der Waals surface area contributed by atoms with Gasteiger partial charge in [-0.3, -0.25) is 4.68 Å². The molecule has 114 valence electrons. The number of benzene rings is 1. The monoisotopic (exact) mass is 351 g/mol. The summed E-state index contributed by atoms with van der Waals surface area (Å²) in [7, 11) is 0. The van der Waals surface area contributed by atoms with Gasteiger partial charge in [0.1, 0.15) is 12.4 Å². The van der Waals surface area contributed by atoms with E-state index < -0.39 is 0 Å². The fraction of sp³-hybridized carbons (Fsp3) is 0.438. The summed E-state index contributed by atoms with van der Waals surface area (Å²) in [4.78, 5) is 0. The van der Waals surface area contributed by atoms with Gasteiger partial charge in [-0.05, 0) is 60.8 Å². The lowest BCUT2D eigenvalue weighted by Crippen LogP contribution is -2.17. The Balaban J connectivity index is 2.10. The number of aromatic nitrogens is 2. The minimum Gasteiger partial charge on any atom is -0.487 e. The summed E-state index contributed by atoms with van der Waals surface area (Å²) >= 11 is 3.58. The summed E-state index contributed by atoms with van der Waals surface area (Å²) < 4.78 is 8.91. The molecule has 2 N–H and O–H groups in total. The smallest absolute Gasteiger partial charge is 0.131 e. The van der Waals surface area contributed by atoms with Gasteiger partial charge in [0.2, 0.25) is 0 Å². The predicted molar refractivity (Wildman–Crippen MR) is 88.5 cm³/mol. The van der Waals surface area contributed by atoms with Crippen LogP contribution in [0.5, 0.6) is 5.75 Å². The highest BCUT2D eigenvalue weighted by Gasteiger charge is 2.12. The van der Waals surface area contributed by atoms with Gasteiger partial charge in [-0.15, -0.1) is 0 Å². The first-order valence-corrected chi connectivity index (χ1v) is 7.99. The van der Waals surface area contributed by atoms with Crippen molar-refractivity contribution in [3.8, 4) is 5.75 Å². The van der Waals surface area contributed by atoms with Crippen LogP contribution in [-0.4, -0.2) is 15.8 Å². The lowest BCUT2D eigenvalue weighted by molar-refractivity contribution is 0.291. The molecule has 0 spiro atoms. The quantitative estimate of drug-likeness (QED) is 0.867. The van der Waals surface area contributed by atoms with Crippen LogP contribution in [-0.2, 0) is 19.6 Å². The normalized spacial score (nSPS) is 12.4. The third kappa shape index (κ3) is 4.08. The van der Waals surface area contributed by atoms with E-state index in [-0.39, 0.29) is 6.04 Å². The molecular formula is C16H22BrN3O. The first-order chi connectivity index (χ1) is 10.0. The van der Waals surface area contributed by atoms with Gasteiger partial charge < -0.3 is 10.5 Å². The number of rotatable bonds is 6. The zero-order valence-electron chi connectivity index (χ0n) is 12.8. The molecule has 1 aromatic heterocycles. The van der Waals surface area contributed by atoms with Crippen molar-refractivity contribution >= 4 is 15.9 Å². The predicted octanol–water partition coefficient (Wildman–Crippen LogP) is 3.44. The van der Waals surface area contributed by atoms with E-state index in [1.54, 1.807) is 0 Å². The van der Waals surface area contributed by atoms with Crippen LogP contribution >= 0.6 is 15.9 Å². The van der Waals surface area contributed by atoms with Crippen molar-refractivity contribution in [3.63, 3.8) is 0 Å². The van der Waals surface area contributed by atoms with E-state index in [1.807, 2.05) is 30.7 Å². The van der Waals surface area contributed by atoms with Gasteiger partial charge in [0.15, 0.2) is 0 Å². The first-order valence-electron chi connectivity index (χ1n) is 7.20. The molecule has 5 heteroatoms. The van der Waals surface area contributed by atoms with Crippen molar-refractivity contribution in [1.29, 1.82) is 0 Å². The Morgan fingerprint density at radius 2 is 2.19 bits per heavy atom. The minimum absolute atomic E-state index is 0.151. The van der Waals surface area contributed by atoms with Crippen LogP contribution in [0.15, 0.2) is 28.7 Å². The molecule has 0 bridgehead atoms. The fourth-order valence-corrected chi connectivity index (χ4v) is 2.69. The van der Waals surface area contributed by atoms with Gasteiger partial charge in [0.25, 0.3) is 0 Å². The van der Waals surface area contributed by atoms with Crippen molar-refractivity contribution in [2.24, 2.45) is 5.73 Å². The second-order valence-corrected chi connectivity index (χ2v) is 6.07. The molecule has 4 nitrogen and oxygen atoms in total. The second kappa shape index (κ2) is 7.09. The van der Waals surface area contributed by atoms with Gasteiger partial charge in [0.05, 0.1) is 15.9 Å². The van der Waals surface area contributed by atoms with Crippen LogP contribution in [0.25, 0.3) is 0 Å². The molecule has 1 atom stereocenters. The highest BCUT2D eigenvalue weighted by Crippen LogP contribution is 2.23. The maximum Gasteiger partial charge on any atom is 0.131 e. The third-order valence-corrected chi connectivity index (χ3v) is 4.32. The van der Waals surface area contributed by atoms with E-state index in [9.17, 15) is 0 Å². The van der Waals surface area contributed by atoms with Crippen LogP contribution in [0.3, 0.4) is 0 Å². The van der Waals surface area contributed by atoms with Crippen LogP contribution < -0.4 is 10.5 Å². The molecule has 1 unspecified atom stereocenters. The fourth-order valence-electron chi connectivity index (χ4n) is 2.29. The van der Waals surface area contributed by atoms with Crippen molar-refractivity contribution in [1.82, 2.24) is 9.78 Å². The number of hydrogen-bond donors (Lipinski definition) is 1. The van der Waals surface area contributed by atoms with Crippen LogP contribution in [0.2, 0.25) is 0 Å². The topological polar surface area (TPSA) is 53.1 Å². The van der Waals surface area contributed by atoms with Crippen molar-refractivity contribution in [2.75, 3.05) is 0 Å².